The molecule has 1 aliphatic rings. The first-order valence-corrected chi connectivity index (χ1v) is 8.18. The molecule has 23 heavy (non-hydrogen) atoms. The van der Waals surface area contributed by atoms with Crippen molar-refractivity contribution in [1.29, 1.82) is 0 Å². The van der Waals surface area contributed by atoms with Crippen molar-refractivity contribution in [1.82, 2.24) is 10.3 Å². The van der Waals surface area contributed by atoms with Gasteiger partial charge in [0, 0.05) is 24.9 Å². The third-order valence-electron chi connectivity index (χ3n) is 3.50. The molecule has 1 saturated carbocycles. The van der Waals surface area contributed by atoms with Gasteiger partial charge in [0.1, 0.15) is 0 Å². The SMILES string of the molecule is O=C(CCCNC(=O)C1CC1)Nc1nc2cc(F)c(F)cc2s1. The largest absolute Gasteiger partial charge is 0.356 e. The van der Waals surface area contributed by atoms with Crippen LogP contribution < -0.4 is 10.6 Å². The molecule has 0 unspecified atom stereocenters. The van der Waals surface area contributed by atoms with Gasteiger partial charge in [-0.1, -0.05) is 11.3 Å². The second-order valence-corrected chi connectivity index (χ2v) is 6.50. The summed E-state index contributed by atoms with van der Waals surface area (Å²) in [6, 6.07) is 2.07. The number of nitrogens with one attached hydrogen (secondary N) is 2. The number of thiazole rings is 1. The second-order valence-electron chi connectivity index (χ2n) is 5.47. The van der Waals surface area contributed by atoms with Crippen LogP contribution in [0.1, 0.15) is 25.7 Å². The van der Waals surface area contributed by atoms with Crippen molar-refractivity contribution >= 4 is 38.5 Å². The van der Waals surface area contributed by atoms with E-state index in [1.807, 2.05) is 0 Å². The van der Waals surface area contributed by atoms with E-state index in [2.05, 4.69) is 15.6 Å². The summed E-state index contributed by atoms with van der Waals surface area (Å²) in [5, 5.41) is 5.69. The molecule has 8 heteroatoms. The van der Waals surface area contributed by atoms with Crippen LogP contribution in [-0.2, 0) is 9.59 Å². The van der Waals surface area contributed by atoms with Crippen LogP contribution in [0.4, 0.5) is 13.9 Å². The Morgan fingerprint density at radius 2 is 2.00 bits per heavy atom. The molecule has 0 aliphatic heterocycles. The molecule has 3 rings (SSSR count). The maximum absolute atomic E-state index is 13.1. The fourth-order valence-corrected chi connectivity index (χ4v) is 3.00. The summed E-state index contributed by atoms with van der Waals surface area (Å²) >= 11 is 1.09. The van der Waals surface area contributed by atoms with Crippen LogP contribution in [0.5, 0.6) is 0 Å². The van der Waals surface area contributed by atoms with E-state index in [1.165, 1.54) is 0 Å². The fraction of sp³-hybridized carbons (Fsp3) is 0.400. The van der Waals surface area contributed by atoms with E-state index in [0.717, 1.165) is 36.3 Å². The normalized spacial score (nSPS) is 14.0. The summed E-state index contributed by atoms with van der Waals surface area (Å²) in [4.78, 5) is 27.3. The van der Waals surface area contributed by atoms with Gasteiger partial charge in [-0.05, 0) is 25.3 Å². The van der Waals surface area contributed by atoms with E-state index in [1.54, 1.807) is 0 Å². The Balaban J connectivity index is 1.48. The van der Waals surface area contributed by atoms with E-state index >= 15 is 0 Å². The molecule has 1 fully saturated rings. The minimum Gasteiger partial charge on any atom is -0.356 e. The van der Waals surface area contributed by atoms with Gasteiger partial charge in [0.25, 0.3) is 0 Å². The van der Waals surface area contributed by atoms with Crippen molar-refractivity contribution in [3.05, 3.63) is 23.8 Å². The molecule has 1 aromatic heterocycles. The zero-order chi connectivity index (χ0) is 16.4. The van der Waals surface area contributed by atoms with Gasteiger partial charge >= 0.3 is 0 Å². The molecule has 122 valence electrons. The number of carbonyl (C=O) groups excluding carboxylic acids is 2. The molecule has 0 bridgehead atoms. The first-order chi connectivity index (χ1) is 11.0. The summed E-state index contributed by atoms with van der Waals surface area (Å²) in [7, 11) is 0. The molecule has 0 atom stereocenters. The Kier molecular flexibility index (Phi) is 4.51. The number of aromatic nitrogens is 1. The average Bonchev–Trinajstić information content (AvgIpc) is 3.27. The Labute approximate surface area is 135 Å². The first kappa shape index (κ1) is 15.8. The molecule has 1 aromatic carbocycles. The van der Waals surface area contributed by atoms with Crippen molar-refractivity contribution in [2.24, 2.45) is 5.92 Å². The van der Waals surface area contributed by atoms with Gasteiger partial charge in [0.2, 0.25) is 11.8 Å². The zero-order valence-corrected chi connectivity index (χ0v) is 13.0. The molecule has 2 aromatic rings. The molecule has 2 N–H and O–H groups in total. The highest BCUT2D eigenvalue weighted by Gasteiger charge is 2.28. The molecule has 2 amide bonds. The lowest BCUT2D eigenvalue weighted by atomic mass is 10.3. The van der Waals surface area contributed by atoms with Crippen LogP contribution in [0.2, 0.25) is 0 Å². The quantitative estimate of drug-likeness (QED) is 0.795. The topological polar surface area (TPSA) is 71.1 Å². The molecule has 0 radical (unpaired) electrons. The van der Waals surface area contributed by atoms with Crippen LogP contribution in [0.15, 0.2) is 12.1 Å². The number of hydrogen-bond acceptors (Lipinski definition) is 4. The third-order valence-corrected chi connectivity index (χ3v) is 4.44. The van der Waals surface area contributed by atoms with Crippen molar-refractivity contribution in [2.75, 3.05) is 11.9 Å². The number of fused-ring (bicyclic) bond motifs is 1. The lowest BCUT2D eigenvalue weighted by molar-refractivity contribution is -0.122. The number of rotatable bonds is 6. The summed E-state index contributed by atoms with van der Waals surface area (Å²) in [6.07, 6.45) is 2.66. The van der Waals surface area contributed by atoms with E-state index in [0.29, 0.717) is 28.3 Å². The minimum atomic E-state index is -0.966. The smallest absolute Gasteiger partial charge is 0.226 e. The number of amides is 2. The zero-order valence-electron chi connectivity index (χ0n) is 12.2. The van der Waals surface area contributed by atoms with E-state index in [-0.39, 0.29) is 24.2 Å². The highest BCUT2D eigenvalue weighted by molar-refractivity contribution is 7.22. The number of benzene rings is 1. The summed E-state index contributed by atoms with van der Waals surface area (Å²) < 4.78 is 26.7. The van der Waals surface area contributed by atoms with Crippen molar-refractivity contribution in [3.63, 3.8) is 0 Å². The lowest BCUT2D eigenvalue weighted by Crippen LogP contribution is -2.26. The highest BCUT2D eigenvalue weighted by atomic mass is 32.1. The van der Waals surface area contributed by atoms with Gasteiger partial charge in [-0.25, -0.2) is 13.8 Å². The molecule has 0 spiro atoms. The monoisotopic (exact) mass is 339 g/mol. The Morgan fingerprint density at radius 3 is 2.74 bits per heavy atom. The Morgan fingerprint density at radius 1 is 1.26 bits per heavy atom. The predicted molar refractivity (Wildman–Crippen MR) is 83.1 cm³/mol. The number of anilines is 1. The second kappa shape index (κ2) is 6.57. The van der Waals surface area contributed by atoms with Crippen LogP contribution in [0, 0.1) is 17.6 Å². The molecule has 1 heterocycles. The number of nitrogens with zero attached hydrogens (tertiary/aromatic N) is 1. The van der Waals surface area contributed by atoms with E-state index in [9.17, 15) is 18.4 Å². The van der Waals surface area contributed by atoms with Crippen LogP contribution >= 0.6 is 11.3 Å². The number of halogens is 2. The summed E-state index contributed by atoms with van der Waals surface area (Å²) in [5.41, 5.74) is 0.306. The maximum atomic E-state index is 13.1. The van der Waals surface area contributed by atoms with Gasteiger partial charge in [0.05, 0.1) is 10.2 Å². The van der Waals surface area contributed by atoms with E-state index in [4.69, 9.17) is 0 Å². The van der Waals surface area contributed by atoms with Crippen LogP contribution in [0.3, 0.4) is 0 Å². The number of hydrogen-bond donors (Lipinski definition) is 2. The van der Waals surface area contributed by atoms with Crippen LogP contribution in [0.25, 0.3) is 10.2 Å². The maximum Gasteiger partial charge on any atom is 0.226 e. The molecule has 1 aliphatic carbocycles. The molecule has 5 nitrogen and oxygen atoms in total. The molecular weight excluding hydrogens is 324 g/mol. The predicted octanol–water partition coefficient (Wildman–Crippen LogP) is 2.82. The van der Waals surface area contributed by atoms with E-state index < -0.39 is 11.6 Å². The van der Waals surface area contributed by atoms with Crippen molar-refractivity contribution < 1.29 is 18.4 Å². The average molecular weight is 339 g/mol. The van der Waals surface area contributed by atoms with Gasteiger partial charge in [0.15, 0.2) is 16.8 Å². The standard InChI is InChI=1S/C15H15F2N3O2S/c16-9-6-11-12(7-10(9)17)23-15(19-11)20-13(21)2-1-5-18-14(22)8-3-4-8/h6-8H,1-5H2,(H,18,22)(H,19,20,21). The minimum absolute atomic E-state index is 0.0561. The summed E-state index contributed by atoms with van der Waals surface area (Å²) in [6.45, 7) is 0.457. The molecule has 0 saturated heterocycles. The third kappa shape index (κ3) is 4.01. The van der Waals surface area contributed by atoms with Gasteiger partial charge < -0.3 is 10.6 Å². The number of carbonyl (C=O) groups is 2. The Bertz CT molecular complexity index is 720. The van der Waals surface area contributed by atoms with Gasteiger partial charge in [-0.2, -0.15) is 0 Å². The van der Waals surface area contributed by atoms with Gasteiger partial charge in [-0.3, -0.25) is 9.59 Å². The first-order valence-electron chi connectivity index (χ1n) is 7.36. The highest BCUT2D eigenvalue weighted by Crippen LogP contribution is 2.29. The van der Waals surface area contributed by atoms with Crippen molar-refractivity contribution in [3.8, 4) is 0 Å². The molecular formula is C15H15F2N3O2S. The Hall–Kier alpha value is -2.09. The van der Waals surface area contributed by atoms with Crippen molar-refractivity contribution in [2.45, 2.75) is 25.7 Å². The lowest BCUT2D eigenvalue weighted by Gasteiger charge is -2.04. The van der Waals surface area contributed by atoms with Crippen LogP contribution in [-0.4, -0.2) is 23.3 Å². The summed E-state index contributed by atoms with van der Waals surface area (Å²) in [5.74, 6) is -1.93. The van der Waals surface area contributed by atoms with Gasteiger partial charge in [-0.15, -0.1) is 0 Å². The fourth-order valence-electron chi connectivity index (χ4n) is 2.11.